The van der Waals surface area contributed by atoms with Crippen molar-refractivity contribution in [1.29, 1.82) is 0 Å². The molecule has 4 nitrogen and oxygen atoms in total. The number of nitrogens with zero attached hydrogens (tertiary/aromatic N) is 3. The second-order valence-electron chi connectivity index (χ2n) is 12.1. The van der Waals surface area contributed by atoms with Crippen LogP contribution in [-0.4, -0.2) is 15.0 Å². The summed E-state index contributed by atoms with van der Waals surface area (Å²) in [6.45, 7) is 0. The van der Waals surface area contributed by atoms with E-state index < -0.39 is 0 Å². The number of rotatable bonds is 6. The largest absolute Gasteiger partial charge is 0.443 e. The van der Waals surface area contributed by atoms with E-state index in [0.717, 1.165) is 61.4 Å². The van der Waals surface area contributed by atoms with Crippen LogP contribution in [-0.2, 0) is 0 Å². The van der Waals surface area contributed by atoms with Gasteiger partial charge in [0.1, 0.15) is 5.52 Å². The zero-order valence-electron chi connectivity index (χ0n) is 26.5. The fraction of sp³-hybridized carbons (Fsp3) is 0. The Morgan fingerprint density at radius 1 is 0.408 bits per heavy atom. The zero-order valence-corrected chi connectivity index (χ0v) is 26.5. The number of aromatic nitrogens is 3. The van der Waals surface area contributed by atoms with E-state index in [1.807, 2.05) is 42.5 Å². The van der Waals surface area contributed by atoms with Crippen LogP contribution in [0.3, 0.4) is 0 Å². The highest BCUT2D eigenvalue weighted by atomic mass is 16.3. The third-order valence-corrected chi connectivity index (χ3v) is 9.08. The van der Waals surface area contributed by atoms with Crippen LogP contribution in [0.5, 0.6) is 0 Å². The SMILES string of the molecule is c1ccc(-c2cc(-c3ccc(-c4c(-c5ccccc5-c5ccc6ocnc6c5)ccc5ccccc45)cc3)nc(-c3ccccc3)n2)cc1. The van der Waals surface area contributed by atoms with Gasteiger partial charge in [-0.3, -0.25) is 0 Å². The van der Waals surface area contributed by atoms with E-state index in [-0.39, 0.29) is 0 Å². The molecule has 0 radical (unpaired) electrons. The molecule has 0 saturated carbocycles. The molecule has 230 valence electrons. The van der Waals surface area contributed by atoms with E-state index in [1.54, 1.807) is 0 Å². The minimum Gasteiger partial charge on any atom is -0.443 e. The molecule has 0 fully saturated rings. The summed E-state index contributed by atoms with van der Waals surface area (Å²) < 4.78 is 5.53. The molecule has 0 N–H and O–H groups in total. The van der Waals surface area contributed by atoms with Gasteiger partial charge in [0.2, 0.25) is 0 Å². The topological polar surface area (TPSA) is 51.8 Å². The molecule has 0 bridgehead atoms. The summed E-state index contributed by atoms with van der Waals surface area (Å²) >= 11 is 0. The predicted octanol–water partition coefficient (Wildman–Crippen LogP) is 11.8. The third kappa shape index (κ3) is 5.35. The van der Waals surface area contributed by atoms with Gasteiger partial charge in [0.15, 0.2) is 17.8 Å². The minimum atomic E-state index is 0.706. The van der Waals surface area contributed by atoms with Crippen molar-refractivity contribution < 1.29 is 4.42 Å². The summed E-state index contributed by atoms with van der Waals surface area (Å²) in [6.07, 6.45) is 1.50. The summed E-state index contributed by atoms with van der Waals surface area (Å²) in [5.74, 6) is 0.706. The normalized spacial score (nSPS) is 11.3. The van der Waals surface area contributed by atoms with Gasteiger partial charge < -0.3 is 4.42 Å². The molecule has 0 spiro atoms. The van der Waals surface area contributed by atoms with Gasteiger partial charge in [-0.25, -0.2) is 15.0 Å². The van der Waals surface area contributed by atoms with Crippen LogP contribution in [0, 0.1) is 0 Å². The molecule has 9 rings (SSSR count). The Labute approximate surface area is 284 Å². The summed E-state index contributed by atoms with van der Waals surface area (Å²) in [4.78, 5) is 14.4. The van der Waals surface area contributed by atoms with E-state index in [9.17, 15) is 0 Å². The average Bonchev–Trinajstić information content (AvgIpc) is 3.66. The van der Waals surface area contributed by atoms with Gasteiger partial charge in [-0.05, 0) is 62.4 Å². The van der Waals surface area contributed by atoms with Crippen LogP contribution < -0.4 is 0 Å². The third-order valence-electron chi connectivity index (χ3n) is 9.08. The first-order valence-electron chi connectivity index (χ1n) is 16.3. The second-order valence-corrected chi connectivity index (χ2v) is 12.1. The van der Waals surface area contributed by atoms with Gasteiger partial charge in [0.25, 0.3) is 0 Å². The van der Waals surface area contributed by atoms with E-state index >= 15 is 0 Å². The summed E-state index contributed by atoms with van der Waals surface area (Å²) in [5.41, 5.74) is 13.4. The molecule has 0 aliphatic rings. The highest BCUT2D eigenvalue weighted by Crippen LogP contribution is 2.43. The van der Waals surface area contributed by atoms with E-state index in [4.69, 9.17) is 14.4 Å². The standard InChI is InChI=1S/C45H29N3O/c1-3-12-31(13-4-1)40-28-41(48-45(47-40)34-14-5-2-6-15-34)32-19-21-33(22-20-32)44-37-17-8-7-11-30(37)23-25-39(44)38-18-10-9-16-36(38)35-24-26-43-42(27-35)46-29-49-43/h1-29H. The monoisotopic (exact) mass is 627 g/mol. The Morgan fingerprint density at radius 2 is 1.02 bits per heavy atom. The van der Waals surface area contributed by atoms with Crippen molar-refractivity contribution in [2.75, 3.05) is 0 Å². The lowest BCUT2D eigenvalue weighted by atomic mass is 9.86. The van der Waals surface area contributed by atoms with Crippen molar-refractivity contribution in [3.63, 3.8) is 0 Å². The molecule has 0 aliphatic carbocycles. The summed E-state index contributed by atoms with van der Waals surface area (Å²) in [6, 6.07) is 59.2. The Balaban J connectivity index is 1.19. The van der Waals surface area contributed by atoms with Crippen molar-refractivity contribution in [2.24, 2.45) is 0 Å². The first-order chi connectivity index (χ1) is 24.3. The van der Waals surface area contributed by atoms with Crippen LogP contribution in [0.2, 0.25) is 0 Å². The number of hydrogen-bond acceptors (Lipinski definition) is 4. The van der Waals surface area contributed by atoms with Crippen LogP contribution in [0.25, 0.3) is 89.2 Å². The lowest BCUT2D eigenvalue weighted by Crippen LogP contribution is -1.96. The predicted molar refractivity (Wildman–Crippen MR) is 200 cm³/mol. The Hall–Kier alpha value is -6.65. The maximum Gasteiger partial charge on any atom is 0.181 e. The van der Waals surface area contributed by atoms with Crippen molar-refractivity contribution in [2.45, 2.75) is 0 Å². The fourth-order valence-electron chi connectivity index (χ4n) is 6.68. The molecule has 0 unspecified atom stereocenters. The smallest absolute Gasteiger partial charge is 0.181 e. The quantitative estimate of drug-likeness (QED) is 0.184. The zero-order chi connectivity index (χ0) is 32.6. The second kappa shape index (κ2) is 12.2. The van der Waals surface area contributed by atoms with Gasteiger partial charge in [0.05, 0.1) is 11.4 Å². The van der Waals surface area contributed by atoms with Crippen molar-refractivity contribution in [1.82, 2.24) is 15.0 Å². The number of fused-ring (bicyclic) bond motifs is 2. The molecule has 0 saturated heterocycles. The van der Waals surface area contributed by atoms with Crippen LogP contribution in [0.15, 0.2) is 181 Å². The van der Waals surface area contributed by atoms with Crippen LogP contribution in [0.4, 0.5) is 0 Å². The van der Waals surface area contributed by atoms with Gasteiger partial charge in [-0.15, -0.1) is 0 Å². The number of oxazole rings is 1. The fourth-order valence-corrected chi connectivity index (χ4v) is 6.68. The average molecular weight is 628 g/mol. The van der Waals surface area contributed by atoms with Crippen LogP contribution in [0.1, 0.15) is 0 Å². The number of hydrogen-bond donors (Lipinski definition) is 0. The Kier molecular flexibility index (Phi) is 7.10. The van der Waals surface area contributed by atoms with Crippen molar-refractivity contribution in [3.05, 3.63) is 176 Å². The maximum absolute atomic E-state index is 5.53. The first-order valence-corrected chi connectivity index (χ1v) is 16.3. The molecule has 0 aliphatic heterocycles. The Morgan fingerprint density at radius 3 is 1.80 bits per heavy atom. The molecule has 49 heavy (non-hydrogen) atoms. The minimum absolute atomic E-state index is 0.706. The molecule has 0 atom stereocenters. The lowest BCUT2D eigenvalue weighted by Gasteiger charge is -2.17. The van der Waals surface area contributed by atoms with Crippen molar-refractivity contribution >= 4 is 21.9 Å². The van der Waals surface area contributed by atoms with Crippen LogP contribution >= 0.6 is 0 Å². The number of benzene rings is 7. The van der Waals surface area contributed by atoms with Crippen molar-refractivity contribution in [3.8, 4) is 67.3 Å². The first kappa shape index (κ1) is 28.6. The van der Waals surface area contributed by atoms with E-state index in [1.165, 1.54) is 28.3 Å². The van der Waals surface area contributed by atoms with Gasteiger partial charge in [0, 0.05) is 16.7 Å². The highest BCUT2D eigenvalue weighted by Gasteiger charge is 2.17. The molecule has 4 heteroatoms. The molecular formula is C45H29N3O. The summed E-state index contributed by atoms with van der Waals surface area (Å²) in [5, 5.41) is 2.40. The lowest BCUT2D eigenvalue weighted by molar-refractivity contribution is 0.602. The molecular weight excluding hydrogens is 599 g/mol. The van der Waals surface area contributed by atoms with Gasteiger partial charge in [-0.2, -0.15) is 0 Å². The molecule has 7 aromatic carbocycles. The molecule has 2 heterocycles. The van der Waals surface area contributed by atoms with Gasteiger partial charge >= 0.3 is 0 Å². The van der Waals surface area contributed by atoms with E-state index in [2.05, 4.69) is 132 Å². The highest BCUT2D eigenvalue weighted by molar-refractivity contribution is 6.06. The molecule has 0 amide bonds. The maximum atomic E-state index is 5.53. The van der Waals surface area contributed by atoms with Gasteiger partial charge in [-0.1, -0.05) is 152 Å². The Bertz CT molecular complexity index is 2530. The molecule has 9 aromatic rings. The summed E-state index contributed by atoms with van der Waals surface area (Å²) in [7, 11) is 0. The van der Waals surface area contributed by atoms with E-state index in [0.29, 0.717) is 5.82 Å². The molecule has 2 aromatic heterocycles.